The molecule has 4 aromatic rings. The van der Waals surface area contributed by atoms with Crippen LogP contribution in [0.2, 0.25) is 0 Å². The largest absolute Gasteiger partial charge is 0.754 e. The van der Waals surface area contributed by atoms with Crippen LogP contribution in [-0.4, -0.2) is 0 Å². The summed E-state index contributed by atoms with van der Waals surface area (Å²) in [6.45, 7) is 0. The number of anilines is 4. The van der Waals surface area contributed by atoms with Gasteiger partial charge in [0.2, 0.25) is 0 Å². The quantitative estimate of drug-likeness (QED) is 0.376. The highest BCUT2D eigenvalue weighted by atomic mass is 16.5. The van der Waals surface area contributed by atoms with E-state index in [0.717, 1.165) is 21.6 Å². The van der Waals surface area contributed by atoms with E-state index in [1.807, 2.05) is 36.4 Å². The van der Waals surface area contributed by atoms with Crippen LogP contribution in [0.1, 0.15) is 0 Å². The molecule has 27 heavy (non-hydrogen) atoms. The fourth-order valence-electron chi connectivity index (χ4n) is 2.89. The molecule has 0 radical (unpaired) electrons. The van der Waals surface area contributed by atoms with Crippen LogP contribution in [0.5, 0.6) is 11.5 Å². The number of rotatable bonds is 4. The third kappa shape index (κ3) is 3.49. The summed E-state index contributed by atoms with van der Waals surface area (Å²) in [4.78, 5) is 0. The number of fused-ring (bicyclic) bond motifs is 1. The first-order valence-corrected chi connectivity index (χ1v) is 8.49. The Kier molecular flexibility index (Phi) is 4.28. The van der Waals surface area contributed by atoms with Crippen molar-refractivity contribution in [1.82, 2.24) is 0 Å². The lowest BCUT2D eigenvalue weighted by molar-refractivity contribution is 0.483. The van der Waals surface area contributed by atoms with Crippen molar-refractivity contribution in [2.75, 3.05) is 16.5 Å². The monoisotopic (exact) mass is 356 g/mol. The standard InChI is InChI=1S/C22H18N3O2/c23-17-6-12-21(24)22(14-17)25(26)18-7-10-19(11-8-18)27-20-9-5-15-3-1-2-4-16(15)13-20/h1-14H,23-24H2/q-1. The van der Waals surface area contributed by atoms with Crippen molar-refractivity contribution < 1.29 is 4.74 Å². The fraction of sp³-hybridized carbons (Fsp3) is 0. The van der Waals surface area contributed by atoms with Crippen LogP contribution in [0.3, 0.4) is 0 Å². The minimum atomic E-state index is 0.318. The minimum Gasteiger partial charge on any atom is -0.754 e. The van der Waals surface area contributed by atoms with Crippen molar-refractivity contribution in [1.29, 1.82) is 0 Å². The van der Waals surface area contributed by atoms with Crippen LogP contribution in [0.25, 0.3) is 10.8 Å². The van der Waals surface area contributed by atoms with Crippen LogP contribution in [-0.2, 0) is 0 Å². The van der Waals surface area contributed by atoms with Gasteiger partial charge >= 0.3 is 0 Å². The van der Waals surface area contributed by atoms with E-state index in [9.17, 15) is 5.21 Å². The molecule has 0 aliphatic rings. The summed E-state index contributed by atoms with van der Waals surface area (Å²) in [7, 11) is 0. The molecule has 0 aliphatic heterocycles. The average Bonchev–Trinajstić information content (AvgIpc) is 2.70. The van der Waals surface area contributed by atoms with Crippen molar-refractivity contribution in [3.8, 4) is 11.5 Å². The second kappa shape index (κ2) is 6.90. The van der Waals surface area contributed by atoms with Gasteiger partial charge in [-0.05, 0) is 65.4 Å². The number of ether oxygens (including phenoxy) is 1. The molecule has 4 rings (SSSR count). The van der Waals surface area contributed by atoms with E-state index < -0.39 is 0 Å². The number of nitrogen functional groups attached to an aromatic ring is 2. The van der Waals surface area contributed by atoms with Gasteiger partial charge in [-0.1, -0.05) is 30.3 Å². The summed E-state index contributed by atoms with van der Waals surface area (Å²) < 4.78 is 5.90. The molecule has 134 valence electrons. The van der Waals surface area contributed by atoms with Crippen molar-refractivity contribution >= 4 is 33.5 Å². The van der Waals surface area contributed by atoms with Gasteiger partial charge in [0.15, 0.2) is 0 Å². The van der Waals surface area contributed by atoms with Crippen LogP contribution in [0.4, 0.5) is 22.7 Å². The van der Waals surface area contributed by atoms with Crippen LogP contribution >= 0.6 is 0 Å². The number of hydrogen-bond acceptors (Lipinski definition) is 5. The molecule has 0 saturated heterocycles. The van der Waals surface area contributed by atoms with Crippen molar-refractivity contribution in [3.63, 3.8) is 0 Å². The van der Waals surface area contributed by atoms with E-state index in [0.29, 0.717) is 28.5 Å². The zero-order valence-corrected chi connectivity index (χ0v) is 14.5. The van der Waals surface area contributed by atoms with Gasteiger partial charge in [-0.15, -0.1) is 0 Å². The van der Waals surface area contributed by atoms with E-state index in [-0.39, 0.29) is 0 Å². The second-order valence-corrected chi connectivity index (χ2v) is 6.22. The summed E-state index contributed by atoms with van der Waals surface area (Å²) >= 11 is 0. The number of nitrogens with zero attached hydrogens (tertiary/aromatic N) is 1. The second-order valence-electron chi connectivity index (χ2n) is 6.22. The Morgan fingerprint density at radius 3 is 2.19 bits per heavy atom. The Labute approximate surface area is 157 Å². The first-order chi connectivity index (χ1) is 13.1. The molecule has 0 aliphatic carbocycles. The van der Waals surface area contributed by atoms with Gasteiger partial charge in [0, 0.05) is 11.4 Å². The first-order valence-electron chi connectivity index (χ1n) is 8.49. The molecule has 0 bridgehead atoms. The summed E-state index contributed by atoms with van der Waals surface area (Å²) in [6, 6.07) is 25.7. The molecule has 0 spiro atoms. The lowest BCUT2D eigenvalue weighted by Crippen LogP contribution is -2.09. The molecule has 0 unspecified atom stereocenters. The molecule has 0 aromatic heterocycles. The SMILES string of the molecule is Nc1ccc(N)c(N([O-])c2ccc(Oc3ccc4ccccc4c3)cc2)c1. The van der Waals surface area contributed by atoms with Crippen LogP contribution in [0.15, 0.2) is 84.9 Å². The lowest BCUT2D eigenvalue weighted by Gasteiger charge is -2.32. The third-order valence-electron chi connectivity index (χ3n) is 4.30. The van der Waals surface area contributed by atoms with Crippen molar-refractivity contribution in [3.05, 3.63) is 90.1 Å². The molecule has 0 atom stereocenters. The Bertz CT molecular complexity index is 1090. The smallest absolute Gasteiger partial charge is 0.128 e. The van der Waals surface area contributed by atoms with Gasteiger partial charge in [-0.3, -0.25) is 0 Å². The molecule has 0 saturated carbocycles. The van der Waals surface area contributed by atoms with E-state index in [4.69, 9.17) is 16.2 Å². The Balaban J connectivity index is 1.55. The van der Waals surface area contributed by atoms with E-state index >= 15 is 0 Å². The summed E-state index contributed by atoms with van der Waals surface area (Å²) in [5.41, 5.74) is 13.2. The van der Waals surface area contributed by atoms with Gasteiger partial charge in [0.25, 0.3) is 0 Å². The molecule has 0 amide bonds. The molecule has 4 N–H and O–H groups in total. The zero-order chi connectivity index (χ0) is 18.8. The third-order valence-corrected chi connectivity index (χ3v) is 4.30. The number of benzene rings is 4. The highest BCUT2D eigenvalue weighted by Gasteiger charge is 2.05. The predicted molar refractivity (Wildman–Crippen MR) is 111 cm³/mol. The van der Waals surface area contributed by atoms with Crippen LogP contribution in [0, 0.1) is 5.21 Å². The Morgan fingerprint density at radius 1 is 0.704 bits per heavy atom. The minimum absolute atomic E-state index is 0.318. The van der Waals surface area contributed by atoms with Gasteiger partial charge in [0.1, 0.15) is 11.5 Å². The molecule has 0 fully saturated rings. The topological polar surface area (TPSA) is 87.6 Å². The normalized spacial score (nSPS) is 10.7. The summed E-state index contributed by atoms with van der Waals surface area (Å²) in [5.74, 6) is 1.38. The number of nitrogens with two attached hydrogens (primary N) is 2. The zero-order valence-electron chi connectivity index (χ0n) is 14.5. The average molecular weight is 356 g/mol. The maximum atomic E-state index is 12.6. The lowest BCUT2D eigenvalue weighted by atomic mass is 10.1. The Hall–Kier alpha value is -3.70. The molecule has 0 heterocycles. The molecule has 5 nitrogen and oxygen atoms in total. The number of hydrogen-bond donors (Lipinski definition) is 2. The predicted octanol–water partition coefficient (Wildman–Crippen LogP) is 5.43. The highest BCUT2D eigenvalue weighted by molar-refractivity contribution is 5.84. The fourth-order valence-corrected chi connectivity index (χ4v) is 2.89. The van der Waals surface area contributed by atoms with E-state index in [1.54, 1.807) is 42.5 Å². The van der Waals surface area contributed by atoms with E-state index in [2.05, 4.69) is 6.07 Å². The maximum Gasteiger partial charge on any atom is 0.128 e. The highest BCUT2D eigenvalue weighted by Crippen LogP contribution is 2.33. The first kappa shape index (κ1) is 16.8. The van der Waals surface area contributed by atoms with Crippen molar-refractivity contribution in [2.24, 2.45) is 0 Å². The van der Waals surface area contributed by atoms with Gasteiger partial charge in [0.05, 0.1) is 11.4 Å². The molecular formula is C22H18N3O2-. The molecule has 4 aromatic carbocycles. The summed E-state index contributed by atoms with van der Waals surface area (Å²) in [6.07, 6.45) is 0. The van der Waals surface area contributed by atoms with Gasteiger partial charge in [-0.25, -0.2) is 0 Å². The Morgan fingerprint density at radius 2 is 1.41 bits per heavy atom. The van der Waals surface area contributed by atoms with Crippen LogP contribution < -0.4 is 21.3 Å². The van der Waals surface area contributed by atoms with Gasteiger partial charge in [-0.2, -0.15) is 0 Å². The van der Waals surface area contributed by atoms with Gasteiger partial charge < -0.3 is 26.5 Å². The van der Waals surface area contributed by atoms with E-state index in [1.165, 1.54) is 0 Å². The molecular weight excluding hydrogens is 338 g/mol. The van der Waals surface area contributed by atoms with Crippen molar-refractivity contribution in [2.45, 2.75) is 0 Å². The molecule has 5 heteroatoms. The maximum absolute atomic E-state index is 12.6. The summed E-state index contributed by atoms with van der Waals surface area (Å²) in [5, 5.41) is 15.6.